The summed E-state index contributed by atoms with van der Waals surface area (Å²) < 4.78 is 26.3. The van der Waals surface area contributed by atoms with Crippen molar-refractivity contribution in [3.05, 3.63) is 25.3 Å². The van der Waals surface area contributed by atoms with Crippen LogP contribution in [0.2, 0.25) is 0 Å². The molecule has 0 spiro atoms. The number of hydrogen-bond donors (Lipinski definition) is 0. The lowest BCUT2D eigenvalue weighted by atomic mass is 10.5. The highest BCUT2D eigenvalue weighted by molar-refractivity contribution is 7.71. The lowest BCUT2D eigenvalue weighted by molar-refractivity contribution is 0.151. The second-order valence-corrected chi connectivity index (χ2v) is 4.66. The first-order valence-corrected chi connectivity index (χ1v) is 6.43. The Labute approximate surface area is 95.6 Å². The fraction of sp³-hybridized carbons (Fsp3) is 0.500. The minimum atomic E-state index is -3.88. The standard InChI is InChI=1S/C10H17O5P/c1-4-7-13-10(11)16(12,14-8-5-2)15-9-6-3/h5-6H,2-4,7-9H2,1H3. The molecule has 0 aliphatic heterocycles. The Hall–Kier alpha value is -0.900. The molecule has 0 bridgehead atoms. The van der Waals surface area contributed by atoms with Gasteiger partial charge in [0, 0.05) is 0 Å². The van der Waals surface area contributed by atoms with Gasteiger partial charge in [0.1, 0.15) is 0 Å². The van der Waals surface area contributed by atoms with Crippen molar-refractivity contribution in [2.75, 3.05) is 19.8 Å². The van der Waals surface area contributed by atoms with E-state index < -0.39 is 13.3 Å². The van der Waals surface area contributed by atoms with Crippen LogP contribution in [0.3, 0.4) is 0 Å². The molecule has 0 saturated carbocycles. The molecule has 0 rings (SSSR count). The minimum absolute atomic E-state index is 0.0460. The smallest absolute Gasteiger partial charge is 0.438 e. The molecule has 0 amide bonds. The van der Waals surface area contributed by atoms with Crippen molar-refractivity contribution in [1.29, 1.82) is 0 Å². The van der Waals surface area contributed by atoms with Crippen molar-refractivity contribution in [3.63, 3.8) is 0 Å². The van der Waals surface area contributed by atoms with E-state index in [0.717, 1.165) is 0 Å². The monoisotopic (exact) mass is 248 g/mol. The van der Waals surface area contributed by atoms with Crippen molar-refractivity contribution in [2.45, 2.75) is 13.3 Å². The zero-order chi connectivity index (χ0) is 12.4. The van der Waals surface area contributed by atoms with Gasteiger partial charge < -0.3 is 4.74 Å². The molecule has 0 saturated heterocycles. The normalized spacial score (nSPS) is 10.8. The van der Waals surface area contributed by atoms with Crippen LogP contribution >= 0.6 is 7.60 Å². The molecule has 0 fully saturated rings. The summed E-state index contributed by atoms with van der Waals surface area (Å²) in [6.07, 6.45) is 3.38. The quantitative estimate of drug-likeness (QED) is 0.463. The second kappa shape index (κ2) is 8.28. The summed E-state index contributed by atoms with van der Waals surface area (Å²) in [6, 6.07) is 0. The molecule has 0 aliphatic carbocycles. The highest BCUT2D eigenvalue weighted by atomic mass is 31.2. The molecule has 0 aromatic heterocycles. The summed E-state index contributed by atoms with van der Waals surface area (Å²) in [5, 5.41) is 0. The highest BCUT2D eigenvalue weighted by Crippen LogP contribution is 2.50. The van der Waals surface area contributed by atoms with Crippen molar-refractivity contribution in [1.82, 2.24) is 0 Å². The Morgan fingerprint density at radius 2 is 1.75 bits per heavy atom. The SMILES string of the molecule is C=CCOP(=O)(OCC=C)C(=O)OCCC. The fourth-order valence-electron chi connectivity index (χ4n) is 0.713. The minimum Gasteiger partial charge on any atom is -0.457 e. The molecule has 0 aromatic rings. The fourth-order valence-corrected chi connectivity index (χ4v) is 1.85. The Balaban J connectivity index is 4.48. The van der Waals surface area contributed by atoms with Crippen molar-refractivity contribution in [2.24, 2.45) is 0 Å². The summed E-state index contributed by atoms with van der Waals surface area (Å²) in [7, 11) is -3.88. The van der Waals surface area contributed by atoms with E-state index in [-0.39, 0.29) is 19.8 Å². The van der Waals surface area contributed by atoms with Gasteiger partial charge in [0.15, 0.2) is 0 Å². The van der Waals surface area contributed by atoms with Gasteiger partial charge in [0.2, 0.25) is 0 Å². The molecule has 0 heterocycles. The van der Waals surface area contributed by atoms with E-state index in [4.69, 9.17) is 13.8 Å². The summed E-state index contributed by atoms with van der Waals surface area (Å²) in [5.41, 5.74) is -0.974. The van der Waals surface area contributed by atoms with Crippen molar-refractivity contribution < 1.29 is 23.1 Å². The van der Waals surface area contributed by atoms with Crippen molar-refractivity contribution >= 4 is 13.3 Å². The van der Waals surface area contributed by atoms with Gasteiger partial charge in [-0.25, -0.2) is 9.36 Å². The molecule has 0 aliphatic rings. The first kappa shape index (κ1) is 15.1. The predicted molar refractivity (Wildman–Crippen MR) is 61.5 cm³/mol. The van der Waals surface area contributed by atoms with E-state index in [0.29, 0.717) is 6.42 Å². The number of rotatable bonds is 9. The second-order valence-electron chi connectivity index (χ2n) is 2.78. The van der Waals surface area contributed by atoms with Crippen LogP contribution in [0.5, 0.6) is 0 Å². The maximum atomic E-state index is 11.9. The Kier molecular flexibility index (Phi) is 7.81. The summed E-state index contributed by atoms with van der Waals surface area (Å²) in [5.74, 6) is 0. The Morgan fingerprint density at radius 3 is 2.12 bits per heavy atom. The van der Waals surface area contributed by atoms with Crippen LogP contribution in [0.25, 0.3) is 0 Å². The van der Waals surface area contributed by atoms with E-state index in [2.05, 4.69) is 13.2 Å². The van der Waals surface area contributed by atoms with Gasteiger partial charge in [0.25, 0.3) is 0 Å². The third kappa shape index (κ3) is 5.26. The van der Waals surface area contributed by atoms with Crippen molar-refractivity contribution in [3.8, 4) is 0 Å². The zero-order valence-corrected chi connectivity index (χ0v) is 10.3. The highest BCUT2D eigenvalue weighted by Gasteiger charge is 2.36. The van der Waals surface area contributed by atoms with Crippen LogP contribution in [0, 0.1) is 0 Å². The number of hydrogen-bond acceptors (Lipinski definition) is 5. The van der Waals surface area contributed by atoms with Crippen LogP contribution in [0.4, 0.5) is 4.79 Å². The Bertz CT molecular complexity index is 271. The molecule has 92 valence electrons. The van der Waals surface area contributed by atoms with Crippen LogP contribution in [0.15, 0.2) is 25.3 Å². The van der Waals surface area contributed by atoms with Crippen LogP contribution in [-0.4, -0.2) is 25.5 Å². The zero-order valence-electron chi connectivity index (χ0n) is 9.39. The molecule has 0 atom stereocenters. The Morgan fingerprint density at radius 1 is 1.25 bits per heavy atom. The van der Waals surface area contributed by atoms with Crippen LogP contribution in [-0.2, 0) is 18.3 Å². The number of carbonyl (C=O) groups is 1. The van der Waals surface area contributed by atoms with Gasteiger partial charge in [-0.1, -0.05) is 19.1 Å². The molecule has 16 heavy (non-hydrogen) atoms. The third-order valence-electron chi connectivity index (χ3n) is 1.38. The van der Waals surface area contributed by atoms with Gasteiger partial charge in [-0.3, -0.25) is 9.05 Å². The molecule has 0 radical (unpaired) electrons. The predicted octanol–water partition coefficient (Wildman–Crippen LogP) is 3.13. The summed E-state index contributed by atoms with van der Waals surface area (Å²) >= 11 is 0. The number of carbonyl (C=O) groups excluding carboxylic acids is 1. The molecule has 0 N–H and O–H groups in total. The maximum Gasteiger partial charge on any atom is 0.438 e. The van der Waals surface area contributed by atoms with Gasteiger partial charge in [-0.05, 0) is 6.42 Å². The molecule has 0 aromatic carbocycles. The molecular weight excluding hydrogens is 231 g/mol. The first-order valence-electron chi connectivity index (χ1n) is 4.89. The van der Waals surface area contributed by atoms with E-state index in [1.807, 2.05) is 6.92 Å². The van der Waals surface area contributed by atoms with E-state index in [1.54, 1.807) is 0 Å². The van der Waals surface area contributed by atoms with E-state index in [1.165, 1.54) is 12.2 Å². The average Bonchev–Trinajstić information content (AvgIpc) is 2.30. The third-order valence-corrected chi connectivity index (χ3v) is 2.93. The summed E-state index contributed by atoms with van der Waals surface area (Å²) in [6.45, 7) is 8.70. The topological polar surface area (TPSA) is 61.8 Å². The van der Waals surface area contributed by atoms with Gasteiger partial charge >= 0.3 is 13.3 Å². The van der Waals surface area contributed by atoms with Crippen LogP contribution < -0.4 is 0 Å². The van der Waals surface area contributed by atoms with E-state index >= 15 is 0 Å². The lowest BCUT2D eigenvalue weighted by Gasteiger charge is -2.15. The number of ether oxygens (including phenoxy) is 1. The largest absolute Gasteiger partial charge is 0.457 e. The van der Waals surface area contributed by atoms with Gasteiger partial charge in [-0.15, -0.1) is 13.2 Å². The van der Waals surface area contributed by atoms with E-state index in [9.17, 15) is 9.36 Å². The average molecular weight is 248 g/mol. The first-order chi connectivity index (χ1) is 7.60. The lowest BCUT2D eigenvalue weighted by Crippen LogP contribution is -2.10. The molecular formula is C10H17O5P. The molecule has 0 unspecified atom stereocenters. The molecule has 5 nitrogen and oxygen atoms in total. The van der Waals surface area contributed by atoms with Gasteiger partial charge in [0.05, 0.1) is 19.8 Å². The van der Waals surface area contributed by atoms with Crippen LogP contribution in [0.1, 0.15) is 13.3 Å². The maximum absolute atomic E-state index is 11.9. The summed E-state index contributed by atoms with van der Waals surface area (Å²) in [4.78, 5) is 11.4. The molecule has 6 heteroatoms. The van der Waals surface area contributed by atoms with Gasteiger partial charge in [-0.2, -0.15) is 0 Å².